The molecule has 0 aromatic carbocycles. The largest absolute Gasteiger partial charge is 0.459 e. The Labute approximate surface area is 149 Å². The highest BCUT2D eigenvalue weighted by Crippen LogP contribution is 2.36. The van der Waals surface area contributed by atoms with Gasteiger partial charge in [-0.05, 0) is 38.0 Å². The van der Waals surface area contributed by atoms with Crippen LogP contribution in [-0.4, -0.2) is 38.8 Å². The average Bonchev–Trinajstić information content (AvgIpc) is 3.32. The summed E-state index contributed by atoms with van der Waals surface area (Å²) in [5.41, 5.74) is 1.93. The van der Waals surface area contributed by atoms with Gasteiger partial charge in [-0.3, -0.25) is 4.79 Å². The minimum absolute atomic E-state index is 0.0274. The molecule has 0 bridgehead atoms. The second kappa shape index (κ2) is 6.76. The Kier molecular flexibility index (Phi) is 4.31. The molecule has 0 N–H and O–H groups in total. The molecule has 1 saturated heterocycles. The molecule has 0 atom stereocenters. The SMILES string of the molecule is Cc1nc(C2CCN(C(=O)c3ccco3)CC2)sc1-c1ccncn1. The van der Waals surface area contributed by atoms with Crippen LogP contribution < -0.4 is 0 Å². The van der Waals surface area contributed by atoms with Gasteiger partial charge in [0.1, 0.15) is 6.33 Å². The molecule has 4 rings (SSSR count). The number of carbonyl (C=O) groups excluding carboxylic acids is 1. The Bertz CT molecular complexity index is 853. The Morgan fingerprint density at radius 2 is 2.16 bits per heavy atom. The number of hydrogen-bond acceptors (Lipinski definition) is 6. The Morgan fingerprint density at radius 3 is 2.84 bits per heavy atom. The van der Waals surface area contributed by atoms with E-state index in [0.717, 1.165) is 47.2 Å². The molecule has 3 aromatic rings. The molecular weight excluding hydrogens is 336 g/mol. The maximum Gasteiger partial charge on any atom is 0.289 e. The van der Waals surface area contributed by atoms with E-state index in [4.69, 9.17) is 9.40 Å². The van der Waals surface area contributed by atoms with Crippen molar-refractivity contribution in [2.24, 2.45) is 0 Å². The van der Waals surface area contributed by atoms with Gasteiger partial charge in [-0.2, -0.15) is 0 Å². The number of aryl methyl sites for hydroxylation is 1. The fourth-order valence-corrected chi connectivity index (χ4v) is 4.35. The summed E-state index contributed by atoms with van der Waals surface area (Å²) in [6.07, 6.45) is 6.69. The molecule has 1 aliphatic rings. The van der Waals surface area contributed by atoms with E-state index >= 15 is 0 Å². The topological polar surface area (TPSA) is 72.1 Å². The maximum absolute atomic E-state index is 12.4. The van der Waals surface area contributed by atoms with Crippen molar-refractivity contribution in [3.8, 4) is 10.6 Å². The van der Waals surface area contributed by atoms with Crippen LogP contribution in [0.15, 0.2) is 41.4 Å². The predicted octanol–water partition coefficient (Wildman–Crippen LogP) is 3.52. The Balaban J connectivity index is 1.46. The van der Waals surface area contributed by atoms with Gasteiger partial charge in [0.2, 0.25) is 0 Å². The molecule has 1 amide bonds. The monoisotopic (exact) mass is 354 g/mol. The molecule has 1 fully saturated rings. The summed E-state index contributed by atoms with van der Waals surface area (Å²) in [6.45, 7) is 3.48. The number of amides is 1. The molecule has 25 heavy (non-hydrogen) atoms. The molecule has 1 aliphatic heterocycles. The summed E-state index contributed by atoms with van der Waals surface area (Å²) >= 11 is 1.70. The van der Waals surface area contributed by atoms with Gasteiger partial charge in [-0.25, -0.2) is 15.0 Å². The molecule has 0 aliphatic carbocycles. The first kappa shape index (κ1) is 16.0. The summed E-state index contributed by atoms with van der Waals surface area (Å²) in [6, 6.07) is 5.37. The van der Waals surface area contributed by atoms with Crippen LogP contribution in [0.25, 0.3) is 10.6 Å². The summed E-state index contributed by atoms with van der Waals surface area (Å²) in [7, 11) is 0. The lowest BCUT2D eigenvalue weighted by atomic mass is 9.97. The molecule has 4 heterocycles. The molecule has 3 aromatic heterocycles. The predicted molar refractivity (Wildman–Crippen MR) is 94.5 cm³/mol. The highest BCUT2D eigenvalue weighted by molar-refractivity contribution is 7.15. The number of aromatic nitrogens is 3. The van der Waals surface area contributed by atoms with E-state index in [0.29, 0.717) is 11.7 Å². The van der Waals surface area contributed by atoms with Crippen molar-refractivity contribution in [1.82, 2.24) is 19.9 Å². The van der Waals surface area contributed by atoms with Crippen molar-refractivity contribution in [3.05, 3.63) is 53.4 Å². The molecule has 6 nitrogen and oxygen atoms in total. The Morgan fingerprint density at radius 1 is 1.32 bits per heavy atom. The van der Waals surface area contributed by atoms with Gasteiger partial charge in [0.25, 0.3) is 5.91 Å². The highest BCUT2D eigenvalue weighted by atomic mass is 32.1. The highest BCUT2D eigenvalue weighted by Gasteiger charge is 2.28. The van der Waals surface area contributed by atoms with Crippen LogP contribution in [0.3, 0.4) is 0 Å². The van der Waals surface area contributed by atoms with Crippen molar-refractivity contribution in [3.63, 3.8) is 0 Å². The van der Waals surface area contributed by atoms with E-state index in [1.54, 1.807) is 36.0 Å². The first-order valence-electron chi connectivity index (χ1n) is 8.29. The zero-order valence-corrected chi connectivity index (χ0v) is 14.7. The smallest absolute Gasteiger partial charge is 0.289 e. The third-order valence-corrected chi connectivity index (χ3v) is 5.83. The lowest BCUT2D eigenvalue weighted by Crippen LogP contribution is -2.37. The quantitative estimate of drug-likeness (QED) is 0.719. The fraction of sp³-hybridized carbons (Fsp3) is 0.333. The molecular formula is C18H18N4O2S. The summed E-state index contributed by atoms with van der Waals surface area (Å²) in [5, 5.41) is 1.14. The summed E-state index contributed by atoms with van der Waals surface area (Å²) in [4.78, 5) is 28.4. The zero-order valence-electron chi connectivity index (χ0n) is 13.9. The van der Waals surface area contributed by atoms with Crippen LogP contribution in [0.4, 0.5) is 0 Å². The van der Waals surface area contributed by atoms with E-state index in [-0.39, 0.29) is 5.91 Å². The molecule has 0 saturated carbocycles. The van der Waals surface area contributed by atoms with Gasteiger partial charge < -0.3 is 9.32 Å². The summed E-state index contributed by atoms with van der Waals surface area (Å²) < 4.78 is 5.21. The zero-order chi connectivity index (χ0) is 17.2. The van der Waals surface area contributed by atoms with Crippen molar-refractivity contribution in [2.45, 2.75) is 25.7 Å². The maximum atomic E-state index is 12.4. The lowest BCUT2D eigenvalue weighted by Gasteiger charge is -2.30. The van der Waals surface area contributed by atoms with Crippen LogP contribution in [0.5, 0.6) is 0 Å². The van der Waals surface area contributed by atoms with Crippen LogP contribution in [0.1, 0.15) is 40.0 Å². The molecule has 128 valence electrons. The van der Waals surface area contributed by atoms with Crippen LogP contribution >= 0.6 is 11.3 Å². The third-order valence-electron chi connectivity index (χ3n) is 4.49. The second-order valence-electron chi connectivity index (χ2n) is 6.11. The number of furan rings is 1. The minimum Gasteiger partial charge on any atom is -0.459 e. The lowest BCUT2D eigenvalue weighted by molar-refractivity contribution is 0.0680. The fourth-order valence-electron chi connectivity index (χ4n) is 3.14. The molecule has 7 heteroatoms. The normalized spacial score (nSPS) is 15.5. The number of thiazole rings is 1. The number of carbonyl (C=O) groups is 1. The third kappa shape index (κ3) is 3.19. The van der Waals surface area contributed by atoms with Gasteiger partial charge in [0.05, 0.1) is 27.5 Å². The number of likely N-dealkylation sites (tertiary alicyclic amines) is 1. The minimum atomic E-state index is -0.0274. The van der Waals surface area contributed by atoms with E-state index in [9.17, 15) is 4.79 Å². The van der Waals surface area contributed by atoms with Gasteiger partial charge in [0.15, 0.2) is 5.76 Å². The van der Waals surface area contributed by atoms with Crippen LogP contribution in [0.2, 0.25) is 0 Å². The van der Waals surface area contributed by atoms with Gasteiger partial charge >= 0.3 is 0 Å². The van der Waals surface area contributed by atoms with Crippen molar-refractivity contribution < 1.29 is 9.21 Å². The first-order valence-corrected chi connectivity index (χ1v) is 9.10. The van der Waals surface area contributed by atoms with E-state index in [2.05, 4.69) is 9.97 Å². The van der Waals surface area contributed by atoms with Crippen molar-refractivity contribution in [1.29, 1.82) is 0 Å². The van der Waals surface area contributed by atoms with Crippen molar-refractivity contribution in [2.75, 3.05) is 13.1 Å². The first-order chi connectivity index (χ1) is 12.2. The summed E-state index contributed by atoms with van der Waals surface area (Å²) in [5.74, 6) is 0.773. The van der Waals surface area contributed by atoms with Crippen LogP contribution in [-0.2, 0) is 0 Å². The van der Waals surface area contributed by atoms with Crippen molar-refractivity contribution >= 4 is 17.2 Å². The number of nitrogens with zero attached hydrogens (tertiary/aromatic N) is 4. The van der Waals surface area contributed by atoms with Gasteiger partial charge in [-0.1, -0.05) is 0 Å². The molecule has 0 spiro atoms. The average molecular weight is 354 g/mol. The van der Waals surface area contributed by atoms with E-state index < -0.39 is 0 Å². The number of rotatable bonds is 3. The van der Waals surface area contributed by atoms with Gasteiger partial charge in [-0.15, -0.1) is 11.3 Å². The second-order valence-corrected chi connectivity index (χ2v) is 7.14. The van der Waals surface area contributed by atoms with E-state index in [1.807, 2.05) is 17.9 Å². The van der Waals surface area contributed by atoms with Crippen LogP contribution in [0, 0.1) is 6.92 Å². The molecule has 0 unspecified atom stereocenters. The Hall–Kier alpha value is -2.54. The standard InChI is InChI=1S/C18H18N4O2S/c1-12-16(14-4-7-19-11-20-14)25-17(21-12)13-5-8-22(9-6-13)18(23)15-3-2-10-24-15/h2-4,7,10-11,13H,5-6,8-9H2,1H3. The number of piperidine rings is 1. The number of hydrogen-bond donors (Lipinski definition) is 0. The van der Waals surface area contributed by atoms with Gasteiger partial charge in [0, 0.05) is 25.2 Å². The van der Waals surface area contributed by atoms with E-state index in [1.165, 1.54) is 6.26 Å². The molecule has 0 radical (unpaired) electrons.